The van der Waals surface area contributed by atoms with Gasteiger partial charge in [-0.1, -0.05) is 42.0 Å². The lowest BCUT2D eigenvalue weighted by atomic mass is 10.1. The van der Waals surface area contributed by atoms with Gasteiger partial charge in [0, 0.05) is 12.7 Å². The molecular formula is C19H17F3N4. The Kier molecular flexibility index (Phi) is 5.06. The summed E-state index contributed by atoms with van der Waals surface area (Å²) in [4.78, 5) is 8.23. The Hall–Kier alpha value is -3.09. The van der Waals surface area contributed by atoms with Gasteiger partial charge in [0.25, 0.3) is 0 Å². The molecule has 0 aliphatic carbocycles. The molecule has 0 bridgehead atoms. The predicted molar refractivity (Wildman–Crippen MR) is 95.3 cm³/mol. The van der Waals surface area contributed by atoms with Crippen LogP contribution in [-0.2, 0) is 12.7 Å². The van der Waals surface area contributed by atoms with Gasteiger partial charge in [0.05, 0.1) is 11.3 Å². The summed E-state index contributed by atoms with van der Waals surface area (Å²) in [5, 5.41) is 5.79. The van der Waals surface area contributed by atoms with E-state index in [2.05, 4.69) is 20.6 Å². The average molecular weight is 358 g/mol. The van der Waals surface area contributed by atoms with Crippen molar-refractivity contribution in [3.63, 3.8) is 0 Å². The first-order valence-corrected chi connectivity index (χ1v) is 7.97. The highest BCUT2D eigenvalue weighted by Gasteiger charge is 2.33. The summed E-state index contributed by atoms with van der Waals surface area (Å²) in [6.07, 6.45) is -2.96. The molecule has 3 rings (SSSR count). The van der Waals surface area contributed by atoms with Gasteiger partial charge in [-0.05, 0) is 30.7 Å². The molecule has 7 heteroatoms. The Morgan fingerprint density at radius 3 is 2.58 bits per heavy atom. The zero-order valence-corrected chi connectivity index (χ0v) is 14.0. The Morgan fingerprint density at radius 2 is 1.81 bits per heavy atom. The molecule has 2 N–H and O–H groups in total. The zero-order valence-electron chi connectivity index (χ0n) is 14.0. The van der Waals surface area contributed by atoms with E-state index >= 15 is 0 Å². The van der Waals surface area contributed by atoms with E-state index < -0.39 is 11.7 Å². The van der Waals surface area contributed by atoms with Gasteiger partial charge >= 0.3 is 6.18 Å². The second-order valence-corrected chi connectivity index (χ2v) is 5.78. The van der Waals surface area contributed by atoms with E-state index in [9.17, 15) is 13.2 Å². The molecule has 1 heterocycles. The smallest absolute Gasteiger partial charge is 0.366 e. The molecule has 4 nitrogen and oxygen atoms in total. The summed E-state index contributed by atoms with van der Waals surface area (Å²) in [7, 11) is 0. The van der Waals surface area contributed by atoms with E-state index in [1.54, 1.807) is 6.07 Å². The molecule has 0 amide bonds. The topological polar surface area (TPSA) is 49.8 Å². The third-order valence-electron chi connectivity index (χ3n) is 3.69. The Bertz CT molecular complexity index is 894. The molecule has 1 aromatic heterocycles. The van der Waals surface area contributed by atoms with Crippen molar-refractivity contribution in [2.24, 2.45) is 0 Å². The number of para-hydroxylation sites is 1. The molecule has 0 spiro atoms. The third kappa shape index (κ3) is 4.50. The zero-order chi connectivity index (χ0) is 18.6. The minimum Gasteiger partial charge on any atom is -0.366 e. The third-order valence-corrected chi connectivity index (χ3v) is 3.69. The first-order valence-electron chi connectivity index (χ1n) is 7.97. The van der Waals surface area contributed by atoms with Crippen molar-refractivity contribution in [3.8, 4) is 0 Å². The first-order chi connectivity index (χ1) is 12.4. The number of halogens is 3. The van der Waals surface area contributed by atoms with Gasteiger partial charge in [-0.15, -0.1) is 0 Å². The van der Waals surface area contributed by atoms with E-state index in [1.165, 1.54) is 24.4 Å². The van der Waals surface area contributed by atoms with Crippen LogP contribution in [0.1, 0.15) is 16.7 Å². The number of hydrogen-bond acceptors (Lipinski definition) is 4. The molecule has 0 atom stereocenters. The fourth-order valence-electron chi connectivity index (χ4n) is 2.49. The molecule has 0 saturated heterocycles. The fraction of sp³-hybridized carbons (Fsp3) is 0.158. The molecule has 0 aliphatic rings. The summed E-state index contributed by atoms with van der Waals surface area (Å²) in [5.41, 5.74) is 1.39. The molecular weight excluding hydrogens is 341 g/mol. The molecule has 0 fully saturated rings. The number of anilines is 3. The molecule has 26 heavy (non-hydrogen) atoms. The summed E-state index contributed by atoms with van der Waals surface area (Å²) < 4.78 is 39.2. The van der Waals surface area contributed by atoms with Crippen LogP contribution in [0, 0.1) is 6.92 Å². The number of hydrogen-bond donors (Lipinski definition) is 2. The Balaban J connectivity index is 1.74. The van der Waals surface area contributed by atoms with Gasteiger partial charge in [-0.2, -0.15) is 18.2 Å². The monoisotopic (exact) mass is 358 g/mol. The van der Waals surface area contributed by atoms with Crippen LogP contribution in [0.25, 0.3) is 0 Å². The molecule has 0 unspecified atom stereocenters. The van der Waals surface area contributed by atoms with E-state index in [4.69, 9.17) is 0 Å². The summed E-state index contributed by atoms with van der Waals surface area (Å²) in [6.45, 7) is 2.56. The van der Waals surface area contributed by atoms with Crippen molar-refractivity contribution < 1.29 is 13.2 Å². The number of aryl methyl sites for hydroxylation is 1. The lowest BCUT2D eigenvalue weighted by Crippen LogP contribution is -2.10. The van der Waals surface area contributed by atoms with E-state index in [0.29, 0.717) is 12.4 Å². The van der Waals surface area contributed by atoms with Crippen LogP contribution < -0.4 is 10.6 Å². The second-order valence-electron chi connectivity index (χ2n) is 5.78. The van der Waals surface area contributed by atoms with Crippen LogP contribution in [0.4, 0.5) is 30.6 Å². The van der Waals surface area contributed by atoms with E-state index in [-0.39, 0.29) is 11.6 Å². The normalized spacial score (nSPS) is 11.2. The first kappa shape index (κ1) is 17.7. The number of nitrogens with zero attached hydrogens (tertiary/aromatic N) is 2. The molecule has 134 valence electrons. The van der Waals surface area contributed by atoms with Crippen molar-refractivity contribution in [3.05, 3.63) is 77.5 Å². The largest absolute Gasteiger partial charge is 0.418 e. The summed E-state index contributed by atoms with van der Waals surface area (Å²) >= 11 is 0. The molecule has 2 aromatic carbocycles. The van der Waals surface area contributed by atoms with Crippen LogP contribution in [0.3, 0.4) is 0 Å². The predicted octanol–water partition coefficient (Wildman–Crippen LogP) is 5.16. The maximum absolute atomic E-state index is 13.1. The van der Waals surface area contributed by atoms with E-state index in [1.807, 2.05) is 31.2 Å². The van der Waals surface area contributed by atoms with Crippen molar-refractivity contribution in [1.29, 1.82) is 0 Å². The minimum absolute atomic E-state index is 0.0872. The number of benzene rings is 2. The molecule has 0 aliphatic heterocycles. The van der Waals surface area contributed by atoms with Gasteiger partial charge < -0.3 is 10.6 Å². The Labute approximate surface area is 149 Å². The van der Waals surface area contributed by atoms with Crippen LogP contribution in [-0.4, -0.2) is 9.97 Å². The number of nitrogens with one attached hydrogen (secondary N) is 2. The Morgan fingerprint density at radius 1 is 1.00 bits per heavy atom. The van der Waals surface area contributed by atoms with Gasteiger partial charge in [-0.3, -0.25) is 0 Å². The maximum Gasteiger partial charge on any atom is 0.418 e. The maximum atomic E-state index is 13.1. The molecule has 0 radical (unpaired) electrons. The fourth-order valence-corrected chi connectivity index (χ4v) is 2.49. The standard InChI is InChI=1S/C19H17F3N4/c1-13-5-4-6-14(11-13)12-24-17-9-10-23-18(26-17)25-16-8-3-2-7-15(16)19(20,21)22/h2-11H,12H2,1H3,(H2,23,24,25,26). The average Bonchev–Trinajstić information content (AvgIpc) is 2.60. The van der Waals surface area contributed by atoms with E-state index in [0.717, 1.165) is 17.2 Å². The van der Waals surface area contributed by atoms with Crippen molar-refractivity contribution in [2.75, 3.05) is 10.6 Å². The lowest BCUT2D eigenvalue weighted by Gasteiger charge is -2.14. The second kappa shape index (κ2) is 7.43. The molecule has 0 saturated carbocycles. The summed E-state index contributed by atoms with van der Waals surface area (Å²) in [6, 6.07) is 14.9. The minimum atomic E-state index is -4.45. The van der Waals surface area contributed by atoms with Gasteiger partial charge in [0.1, 0.15) is 5.82 Å². The van der Waals surface area contributed by atoms with Crippen LogP contribution in [0.15, 0.2) is 60.8 Å². The molecule has 3 aromatic rings. The quantitative estimate of drug-likeness (QED) is 0.661. The van der Waals surface area contributed by atoms with Gasteiger partial charge in [0.2, 0.25) is 5.95 Å². The van der Waals surface area contributed by atoms with Crippen LogP contribution in [0.2, 0.25) is 0 Å². The highest BCUT2D eigenvalue weighted by atomic mass is 19.4. The van der Waals surface area contributed by atoms with Gasteiger partial charge in [-0.25, -0.2) is 4.98 Å². The number of aromatic nitrogens is 2. The SMILES string of the molecule is Cc1cccc(CNc2ccnc(Nc3ccccc3C(F)(F)F)n2)c1. The van der Waals surface area contributed by atoms with Gasteiger partial charge in [0.15, 0.2) is 0 Å². The highest BCUT2D eigenvalue weighted by Crippen LogP contribution is 2.35. The van der Waals surface area contributed by atoms with Crippen LogP contribution >= 0.6 is 0 Å². The van der Waals surface area contributed by atoms with Crippen molar-refractivity contribution in [1.82, 2.24) is 9.97 Å². The highest BCUT2D eigenvalue weighted by molar-refractivity contribution is 5.60. The van der Waals surface area contributed by atoms with Crippen LogP contribution in [0.5, 0.6) is 0 Å². The lowest BCUT2D eigenvalue weighted by molar-refractivity contribution is -0.136. The van der Waals surface area contributed by atoms with Crippen molar-refractivity contribution in [2.45, 2.75) is 19.6 Å². The number of rotatable bonds is 5. The summed E-state index contributed by atoms with van der Waals surface area (Å²) in [5.74, 6) is 0.615. The number of alkyl halides is 3. The van der Waals surface area contributed by atoms with Crippen molar-refractivity contribution >= 4 is 17.5 Å².